The second-order valence-electron chi connectivity index (χ2n) is 6.35. The summed E-state index contributed by atoms with van der Waals surface area (Å²) in [5.74, 6) is -0.889. The van der Waals surface area contributed by atoms with Gasteiger partial charge in [-0.3, -0.25) is 9.59 Å². The van der Waals surface area contributed by atoms with Crippen LogP contribution in [0.4, 0.5) is 0 Å². The molecule has 0 aliphatic heterocycles. The SMILES string of the molecule is CCOC(=O)C(NC(=O)c1c[nH]c(C)cc1=O)C1CCCCCC1. The summed E-state index contributed by atoms with van der Waals surface area (Å²) in [5, 5.41) is 2.74. The van der Waals surface area contributed by atoms with Crippen molar-refractivity contribution in [3.63, 3.8) is 0 Å². The van der Waals surface area contributed by atoms with Gasteiger partial charge in [0.2, 0.25) is 0 Å². The van der Waals surface area contributed by atoms with Crippen molar-refractivity contribution in [2.75, 3.05) is 6.61 Å². The quantitative estimate of drug-likeness (QED) is 0.639. The third kappa shape index (κ3) is 4.69. The Hall–Kier alpha value is -2.11. The summed E-state index contributed by atoms with van der Waals surface area (Å²) in [7, 11) is 0. The minimum atomic E-state index is -0.698. The van der Waals surface area contributed by atoms with E-state index in [-0.39, 0.29) is 23.5 Å². The standard InChI is InChI=1S/C18H26N2O4/c1-3-24-18(23)16(13-8-6-4-5-7-9-13)20-17(22)14-11-19-12(2)10-15(14)21/h10-11,13,16H,3-9H2,1-2H3,(H,19,21)(H,20,22). The highest BCUT2D eigenvalue weighted by Crippen LogP contribution is 2.26. The largest absolute Gasteiger partial charge is 0.464 e. The summed E-state index contributed by atoms with van der Waals surface area (Å²) in [6, 6.07) is 0.677. The molecule has 1 saturated carbocycles. The lowest BCUT2D eigenvalue weighted by atomic mass is 9.91. The van der Waals surface area contributed by atoms with Crippen LogP contribution < -0.4 is 10.7 Å². The molecule has 24 heavy (non-hydrogen) atoms. The normalized spacial score (nSPS) is 16.9. The number of hydrogen-bond acceptors (Lipinski definition) is 4. The third-order valence-electron chi connectivity index (χ3n) is 4.50. The zero-order chi connectivity index (χ0) is 17.5. The van der Waals surface area contributed by atoms with Crippen LogP contribution in [0.3, 0.4) is 0 Å². The molecule has 1 aromatic rings. The number of H-pyrrole nitrogens is 1. The van der Waals surface area contributed by atoms with Crippen LogP contribution in [0.2, 0.25) is 0 Å². The summed E-state index contributed by atoms with van der Waals surface area (Å²) in [6.07, 6.45) is 7.54. The summed E-state index contributed by atoms with van der Waals surface area (Å²) in [4.78, 5) is 39.7. The molecular weight excluding hydrogens is 308 g/mol. The molecule has 0 spiro atoms. The smallest absolute Gasteiger partial charge is 0.328 e. The van der Waals surface area contributed by atoms with Crippen molar-refractivity contribution in [1.82, 2.24) is 10.3 Å². The number of ether oxygens (including phenoxy) is 1. The van der Waals surface area contributed by atoms with Crippen molar-refractivity contribution < 1.29 is 14.3 Å². The molecular formula is C18H26N2O4. The molecule has 1 heterocycles. The van der Waals surface area contributed by atoms with Gasteiger partial charge in [0.15, 0.2) is 5.43 Å². The first-order valence-electron chi connectivity index (χ1n) is 8.69. The lowest BCUT2D eigenvalue weighted by Gasteiger charge is -2.25. The highest BCUT2D eigenvalue weighted by molar-refractivity contribution is 5.96. The molecule has 0 bridgehead atoms. The van der Waals surface area contributed by atoms with Crippen molar-refractivity contribution in [1.29, 1.82) is 0 Å². The van der Waals surface area contributed by atoms with Crippen LogP contribution in [-0.4, -0.2) is 29.5 Å². The number of hydrogen-bond donors (Lipinski definition) is 2. The predicted octanol–water partition coefficient (Wildman–Crippen LogP) is 2.32. The molecule has 2 N–H and O–H groups in total. The van der Waals surface area contributed by atoms with E-state index >= 15 is 0 Å². The van der Waals surface area contributed by atoms with E-state index in [1.54, 1.807) is 13.8 Å². The molecule has 0 aromatic carbocycles. The van der Waals surface area contributed by atoms with Crippen LogP contribution in [0.25, 0.3) is 0 Å². The number of amides is 1. The summed E-state index contributed by atoms with van der Waals surface area (Å²) < 4.78 is 5.14. The van der Waals surface area contributed by atoms with E-state index in [4.69, 9.17) is 4.74 Å². The second kappa shape index (κ2) is 8.66. The number of rotatable bonds is 5. The molecule has 1 amide bonds. The van der Waals surface area contributed by atoms with E-state index in [0.29, 0.717) is 5.69 Å². The minimum Gasteiger partial charge on any atom is -0.464 e. The number of aromatic amines is 1. The lowest BCUT2D eigenvalue weighted by molar-refractivity contribution is -0.147. The van der Waals surface area contributed by atoms with E-state index in [1.165, 1.54) is 12.3 Å². The van der Waals surface area contributed by atoms with E-state index in [1.807, 2.05) is 0 Å². The van der Waals surface area contributed by atoms with Gasteiger partial charge in [0.05, 0.1) is 6.61 Å². The van der Waals surface area contributed by atoms with Gasteiger partial charge in [-0.2, -0.15) is 0 Å². The fourth-order valence-electron chi connectivity index (χ4n) is 3.22. The average Bonchev–Trinajstić information content (AvgIpc) is 2.81. The summed E-state index contributed by atoms with van der Waals surface area (Å²) >= 11 is 0. The van der Waals surface area contributed by atoms with Crippen LogP contribution in [0.15, 0.2) is 17.1 Å². The summed E-state index contributed by atoms with van der Waals surface area (Å²) in [6.45, 7) is 3.76. The Kier molecular flexibility index (Phi) is 6.58. The first kappa shape index (κ1) is 18.2. The Balaban J connectivity index is 2.18. The maximum atomic E-state index is 12.5. The first-order chi connectivity index (χ1) is 11.5. The fourth-order valence-corrected chi connectivity index (χ4v) is 3.22. The molecule has 1 unspecified atom stereocenters. The van der Waals surface area contributed by atoms with Crippen molar-refractivity contribution in [3.8, 4) is 0 Å². The van der Waals surface area contributed by atoms with Crippen LogP contribution in [0, 0.1) is 12.8 Å². The Morgan fingerprint density at radius 1 is 1.29 bits per heavy atom. The number of carbonyl (C=O) groups is 2. The topological polar surface area (TPSA) is 88.3 Å². The Morgan fingerprint density at radius 2 is 1.96 bits per heavy atom. The highest BCUT2D eigenvalue weighted by atomic mass is 16.5. The third-order valence-corrected chi connectivity index (χ3v) is 4.50. The summed E-state index contributed by atoms with van der Waals surface area (Å²) in [5.41, 5.74) is 0.345. The molecule has 0 saturated heterocycles. The number of nitrogens with one attached hydrogen (secondary N) is 2. The van der Waals surface area contributed by atoms with Crippen LogP contribution in [-0.2, 0) is 9.53 Å². The number of aryl methyl sites for hydroxylation is 1. The first-order valence-corrected chi connectivity index (χ1v) is 8.69. The van der Waals surface area contributed by atoms with Gasteiger partial charge >= 0.3 is 5.97 Å². The Bertz CT molecular complexity index is 630. The van der Waals surface area contributed by atoms with Crippen LogP contribution >= 0.6 is 0 Å². The molecule has 1 aromatic heterocycles. The maximum Gasteiger partial charge on any atom is 0.328 e. The van der Waals surface area contributed by atoms with Crippen molar-refractivity contribution in [2.24, 2.45) is 5.92 Å². The van der Waals surface area contributed by atoms with Gasteiger partial charge in [0.1, 0.15) is 11.6 Å². The van der Waals surface area contributed by atoms with Crippen molar-refractivity contribution in [2.45, 2.75) is 58.4 Å². The van der Waals surface area contributed by atoms with Crippen molar-refractivity contribution >= 4 is 11.9 Å². The molecule has 6 nitrogen and oxygen atoms in total. The Labute approximate surface area is 142 Å². The van der Waals surface area contributed by atoms with Gasteiger partial charge in [0.25, 0.3) is 5.91 Å². The van der Waals surface area contributed by atoms with Gasteiger partial charge in [-0.15, -0.1) is 0 Å². The van der Waals surface area contributed by atoms with Gasteiger partial charge in [-0.1, -0.05) is 25.7 Å². The van der Waals surface area contributed by atoms with Gasteiger partial charge in [0, 0.05) is 18.0 Å². The maximum absolute atomic E-state index is 12.5. The number of carbonyl (C=O) groups excluding carboxylic acids is 2. The van der Waals surface area contributed by atoms with E-state index < -0.39 is 17.9 Å². The lowest BCUT2D eigenvalue weighted by Crippen LogP contribution is -2.47. The molecule has 1 atom stereocenters. The van der Waals surface area contributed by atoms with Crippen LogP contribution in [0.1, 0.15) is 61.5 Å². The molecule has 1 aliphatic rings. The molecule has 1 aliphatic carbocycles. The van der Waals surface area contributed by atoms with Gasteiger partial charge < -0.3 is 15.0 Å². The van der Waals surface area contributed by atoms with Crippen LogP contribution in [0.5, 0.6) is 0 Å². The predicted molar refractivity (Wildman–Crippen MR) is 90.9 cm³/mol. The molecule has 0 radical (unpaired) electrons. The highest BCUT2D eigenvalue weighted by Gasteiger charge is 2.32. The molecule has 2 rings (SSSR count). The number of esters is 1. The van der Waals surface area contributed by atoms with E-state index in [0.717, 1.165) is 38.5 Å². The zero-order valence-electron chi connectivity index (χ0n) is 14.4. The van der Waals surface area contributed by atoms with Gasteiger partial charge in [-0.25, -0.2) is 4.79 Å². The molecule has 132 valence electrons. The van der Waals surface area contributed by atoms with Gasteiger partial charge in [-0.05, 0) is 32.6 Å². The van der Waals surface area contributed by atoms with E-state index in [2.05, 4.69) is 10.3 Å². The average molecular weight is 334 g/mol. The monoisotopic (exact) mass is 334 g/mol. The Morgan fingerprint density at radius 3 is 2.54 bits per heavy atom. The molecule has 6 heteroatoms. The zero-order valence-corrected chi connectivity index (χ0v) is 14.4. The van der Waals surface area contributed by atoms with Crippen molar-refractivity contribution in [3.05, 3.63) is 33.7 Å². The second-order valence-corrected chi connectivity index (χ2v) is 6.35. The number of aromatic nitrogens is 1. The number of pyridine rings is 1. The fraction of sp³-hybridized carbons (Fsp3) is 0.611. The minimum absolute atomic E-state index is 0.0171. The molecule has 1 fully saturated rings. The van der Waals surface area contributed by atoms with E-state index in [9.17, 15) is 14.4 Å².